The first kappa shape index (κ1) is 13.8. The van der Waals surface area contributed by atoms with Crippen molar-refractivity contribution in [3.05, 3.63) is 36.4 Å². The number of nitrogens with one attached hydrogen (secondary N) is 1. The Morgan fingerprint density at radius 3 is 2.79 bits per heavy atom. The molecule has 0 saturated heterocycles. The minimum atomic E-state index is -0.443. The second-order valence-electron chi connectivity index (χ2n) is 4.93. The van der Waals surface area contributed by atoms with Crippen LogP contribution in [0.5, 0.6) is 0 Å². The van der Waals surface area contributed by atoms with Crippen LogP contribution < -0.4 is 5.32 Å². The Kier molecular flexibility index (Phi) is 4.70. The summed E-state index contributed by atoms with van der Waals surface area (Å²) >= 11 is 0. The first-order chi connectivity index (χ1) is 9.13. The summed E-state index contributed by atoms with van der Waals surface area (Å²) in [6.45, 7) is 5.95. The van der Waals surface area contributed by atoms with Crippen LogP contribution in [0.1, 0.15) is 12.5 Å². The molecule has 6 heteroatoms. The number of aryl methyl sites for hydroxylation is 1. The lowest BCUT2D eigenvalue weighted by Gasteiger charge is -2.17. The molecule has 6 nitrogen and oxygen atoms in total. The van der Waals surface area contributed by atoms with Crippen LogP contribution in [0.4, 0.5) is 0 Å². The molecule has 0 aliphatic heterocycles. The minimum Gasteiger partial charge on any atom is -0.390 e. The third-order valence-electron chi connectivity index (χ3n) is 2.88. The lowest BCUT2D eigenvalue weighted by Crippen LogP contribution is -2.38. The molecular weight excluding hydrogens is 242 g/mol. The molecule has 0 aliphatic carbocycles. The summed E-state index contributed by atoms with van der Waals surface area (Å²) in [5.74, 6) is 0. The molecule has 0 aliphatic rings. The standard InChI is InChI=1S/C13H21N5O/c1-11-6-16-18(8-11)9-12(2)14-7-13(19)10-17-5-3-4-15-17/h3-6,8,12-14,19H,7,9-10H2,1-2H3/t12-,13-/m1/s1. The third-order valence-corrected chi connectivity index (χ3v) is 2.88. The van der Waals surface area contributed by atoms with E-state index in [1.54, 1.807) is 10.9 Å². The molecule has 2 aromatic rings. The van der Waals surface area contributed by atoms with Crippen molar-refractivity contribution in [2.75, 3.05) is 6.54 Å². The molecule has 0 amide bonds. The van der Waals surface area contributed by atoms with Gasteiger partial charge in [-0.15, -0.1) is 0 Å². The highest BCUT2D eigenvalue weighted by atomic mass is 16.3. The molecule has 2 heterocycles. The molecule has 2 atom stereocenters. The summed E-state index contributed by atoms with van der Waals surface area (Å²) in [5.41, 5.74) is 1.16. The number of aliphatic hydroxyl groups excluding tert-OH is 1. The van der Waals surface area contributed by atoms with Gasteiger partial charge in [0.05, 0.1) is 25.4 Å². The SMILES string of the molecule is Cc1cnn(C[C@@H](C)NC[C@@H](O)Cn2cccn2)c1. The summed E-state index contributed by atoms with van der Waals surface area (Å²) < 4.78 is 3.64. The van der Waals surface area contributed by atoms with Crippen molar-refractivity contribution in [1.29, 1.82) is 0 Å². The Morgan fingerprint density at radius 2 is 2.16 bits per heavy atom. The second-order valence-corrected chi connectivity index (χ2v) is 4.93. The topological polar surface area (TPSA) is 67.9 Å². The number of hydrogen-bond acceptors (Lipinski definition) is 4. The highest BCUT2D eigenvalue weighted by molar-refractivity contribution is 4.99. The van der Waals surface area contributed by atoms with Crippen molar-refractivity contribution in [1.82, 2.24) is 24.9 Å². The van der Waals surface area contributed by atoms with Crippen LogP contribution >= 0.6 is 0 Å². The van der Waals surface area contributed by atoms with Crippen LogP contribution in [0.3, 0.4) is 0 Å². The van der Waals surface area contributed by atoms with Gasteiger partial charge in [-0.3, -0.25) is 9.36 Å². The normalized spacial score (nSPS) is 14.5. The van der Waals surface area contributed by atoms with Gasteiger partial charge in [0, 0.05) is 31.2 Å². The highest BCUT2D eigenvalue weighted by Crippen LogP contribution is 1.97. The fourth-order valence-corrected chi connectivity index (χ4v) is 1.94. The Balaban J connectivity index is 1.69. The van der Waals surface area contributed by atoms with E-state index >= 15 is 0 Å². The zero-order valence-electron chi connectivity index (χ0n) is 11.4. The molecular formula is C13H21N5O. The van der Waals surface area contributed by atoms with E-state index in [2.05, 4.69) is 22.4 Å². The summed E-state index contributed by atoms with van der Waals surface area (Å²) in [5, 5.41) is 21.5. The van der Waals surface area contributed by atoms with Crippen LogP contribution in [0.2, 0.25) is 0 Å². The Morgan fingerprint density at radius 1 is 1.32 bits per heavy atom. The fraction of sp³-hybridized carbons (Fsp3) is 0.538. The van der Waals surface area contributed by atoms with Crippen molar-refractivity contribution in [2.24, 2.45) is 0 Å². The largest absolute Gasteiger partial charge is 0.390 e. The molecule has 0 unspecified atom stereocenters. The summed E-state index contributed by atoms with van der Waals surface area (Å²) in [6.07, 6.45) is 6.97. The first-order valence-electron chi connectivity index (χ1n) is 6.51. The Labute approximate surface area is 113 Å². The van der Waals surface area contributed by atoms with Gasteiger partial charge in [-0.25, -0.2) is 0 Å². The molecule has 0 aromatic carbocycles. The van der Waals surface area contributed by atoms with Gasteiger partial charge in [0.1, 0.15) is 0 Å². The van der Waals surface area contributed by atoms with Gasteiger partial charge < -0.3 is 10.4 Å². The van der Waals surface area contributed by atoms with Crippen molar-refractivity contribution in [2.45, 2.75) is 39.1 Å². The van der Waals surface area contributed by atoms with Crippen LogP contribution in [0, 0.1) is 6.92 Å². The van der Waals surface area contributed by atoms with Crippen molar-refractivity contribution in [3.8, 4) is 0 Å². The fourth-order valence-electron chi connectivity index (χ4n) is 1.94. The molecule has 0 saturated carbocycles. The molecule has 2 aromatic heterocycles. The van der Waals surface area contributed by atoms with Crippen molar-refractivity contribution < 1.29 is 5.11 Å². The Hall–Kier alpha value is -1.66. The van der Waals surface area contributed by atoms with E-state index in [0.29, 0.717) is 13.1 Å². The predicted molar refractivity (Wildman–Crippen MR) is 72.7 cm³/mol. The van der Waals surface area contributed by atoms with Gasteiger partial charge in [0.15, 0.2) is 0 Å². The summed E-state index contributed by atoms with van der Waals surface area (Å²) in [7, 11) is 0. The molecule has 2 N–H and O–H groups in total. The molecule has 0 radical (unpaired) electrons. The lowest BCUT2D eigenvalue weighted by atomic mass is 10.3. The zero-order valence-corrected chi connectivity index (χ0v) is 11.4. The molecule has 0 bridgehead atoms. The van der Waals surface area contributed by atoms with Gasteiger partial charge in [0.2, 0.25) is 0 Å². The Bertz CT molecular complexity index is 479. The first-order valence-corrected chi connectivity index (χ1v) is 6.51. The third kappa shape index (κ3) is 4.50. The van der Waals surface area contributed by atoms with E-state index in [1.165, 1.54) is 0 Å². The van der Waals surface area contributed by atoms with Crippen molar-refractivity contribution >= 4 is 0 Å². The number of aliphatic hydroxyl groups is 1. The number of aromatic nitrogens is 4. The average Bonchev–Trinajstić information content (AvgIpc) is 2.99. The van der Waals surface area contributed by atoms with Gasteiger partial charge in [-0.2, -0.15) is 10.2 Å². The van der Waals surface area contributed by atoms with Crippen molar-refractivity contribution in [3.63, 3.8) is 0 Å². The lowest BCUT2D eigenvalue weighted by molar-refractivity contribution is 0.142. The molecule has 19 heavy (non-hydrogen) atoms. The van der Waals surface area contributed by atoms with E-state index in [-0.39, 0.29) is 6.04 Å². The van der Waals surface area contributed by atoms with Gasteiger partial charge in [-0.05, 0) is 25.5 Å². The maximum Gasteiger partial charge on any atom is 0.0860 e. The van der Waals surface area contributed by atoms with Gasteiger partial charge >= 0.3 is 0 Å². The van der Waals surface area contributed by atoms with Gasteiger partial charge in [0.25, 0.3) is 0 Å². The monoisotopic (exact) mass is 263 g/mol. The highest BCUT2D eigenvalue weighted by Gasteiger charge is 2.08. The summed E-state index contributed by atoms with van der Waals surface area (Å²) in [6, 6.07) is 2.11. The van der Waals surface area contributed by atoms with E-state index in [0.717, 1.165) is 12.1 Å². The second kappa shape index (κ2) is 6.49. The number of rotatable bonds is 7. The number of hydrogen-bond donors (Lipinski definition) is 2. The average molecular weight is 263 g/mol. The maximum atomic E-state index is 9.89. The minimum absolute atomic E-state index is 0.256. The smallest absolute Gasteiger partial charge is 0.0860 e. The molecule has 0 spiro atoms. The predicted octanol–water partition coefficient (Wildman–Crippen LogP) is 0.427. The quantitative estimate of drug-likeness (QED) is 0.760. The molecule has 2 rings (SSSR count). The van der Waals surface area contributed by atoms with Crippen LogP contribution in [-0.2, 0) is 13.1 Å². The maximum absolute atomic E-state index is 9.89. The van der Waals surface area contributed by atoms with Crippen LogP contribution in [-0.4, -0.2) is 43.4 Å². The van der Waals surface area contributed by atoms with E-state index in [9.17, 15) is 5.11 Å². The molecule has 104 valence electrons. The van der Waals surface area contributed by atoms with Crippen LogP contribution in [0.25, 0.3) is 0 Å². The molecule has 0 fully saturated rings. The van der Waals surface area contributed by atoms with Crippen LogP contribution in [0.15, 0.2) is 30.9 Å². The number of nitrogens with zero attached hydrogens (tertiary/aromatic N) is 4. The zero-order chi connectivity index (χ0) is 13.7. The van der Waals surface area contributed by atoms with E-state index in [4.69, 9.17) is 0 Å². The summed E-state index contributed by atoms with van der Waals surface area (Å²) in [4.78, 5) is 0. The van der Waals surface area contributed by atoms with E-state index < -0.39 is 6.10 Å². The van der Waals surface area contributed by atoms with Gasteiger partial charge in [-0.1, -0.05) is 0 Å². The van der Waals surface area contributed by atoms with E-state index in [1.807, 2.05) is 36.3 Å².